The smallest absolute Gasteiger partial charge is 0.224 e. The summed E-state index contributed by atoms with van der Waals surface area (Å²) >= 11 is 1.54. The molecule has 0 spiro atoms. The van der Waals surface area contributed by atoms with E-state index in [0.29, 0.717) is 12.3 Å². The Kier molecular flexibility index (Phi) is 5.82. The van der Waals surface area contributed by atoms with Gasteiger partial charge in [0.1, 0.15) is 5.82 Å². The minimum absolute atomic E-state index is 0.00920. The Bertz CT molecular complexity index is 420. The van der Waals surface area contributed by atoms with Gasteiger partial charge in [-0.25, -0.2) is 4.39 Å². The standard InChI is InChI=1S/C14H21FN2OS/c1-10(13(18)17-14(2,3)9-16)8-19-12-6-4-11(15)5-7-12/h4-7,10H,8-9,16H2,1-3H3,(H,17,18). The van der Waals surface area contributed by atoms with Crippen molar-refractivity contribution in [3.8, 4) is 0 Å². The van der Waals surface area contributed by atoms with Crippen LogP contribution in [0.2, 0.25) is 0 Å². The molecule has 0 saturated heterocycles. The molecular formula is C14H21FN2OS. The molecule has 0 aliphatic carbocycles. The molecule has 0 fully saturated rings. The van der Waals surface area contributed by atoms with Crippen molar-refractivity contribution in [1.29, 1.82) is 0 Å². The van der Waals surface area contributed by atoms with Crippen molar-refractivity contribution in [3.05, 3.63) is 30.1 Å². The number of amides is 1. The van der Waals surface area contributed by atoms with Crippen LogP contribution in [0.4, 0.5) is 4.39 Å². The van der Waals surface area contributed by atoms with Crippen molar-refractivity contribution in [2.45, 2.75) is 31.2 Å². The lowest BCUT2D eigenvalue weighted by atomic mass is 10.0. The minimum Gasteiger partial charge on any atom is -0.350 e. The third kappa shape index (κ3) is 5.61. The van der Waals surface area contributed by atoms with Gasteiger partial charge in [0.15, 0.2) is 0 Å². The van der Waals surface area contributed by atoms with E-state index in [9.17, 15) is 9.18 Å². The first-order chi connectivity index (χ1) is 8.84. The van der Waals surface area contributed by atoms with E-state index in [-0.39, 0.29) is 23.2 Å². The Morgan fingerprint density at radius 3 is 2.53 bits per heavy atom. The van der Waals surface area contributed by atoms with Gasteiger partial charge in [-0.15, -0.1) is 11.8 Å². The number of nitrogens with one attached hydrogen (secondary N) is 1. The van der Waals surface area contributed by atoms with E-state index in [1.54, 1.807) is 23.9 Å². The highest BCUT2D eigenvalue weighted by Crippen LogP contribution is 2.21. The molecule has 0 bridgehead atoms. The number of carbonyl (C=O) groups excluding carboxylic acids is 1. The highest BCUT2D eigenvalue weighted by atomic mass is 32.2. The second kappa shape index (κ2) is 6.91. The Morgan fingerprint density at radius 1 is 1.42 bits per heavy atom. The topological polar surface area (TPSA) is 55.1 Å². The van der Waals surface area contributed by atoms with Gasteiger partial charge in [-0.3, -0.25) is 4.79 Å². The quantitative estimate of drug-likeness (QED) is 0.789. The van der Waals surface area contributed by atoms with Crippen LogP contribution >= 0.6 is 11.8 Å². The van der Waals surface area contributed by atoms with Gasteiger partial charge in [-0.1, -0.05) is 6.92 Å². The lowest BCUT2D eigenvalue weighted by Crippen LogP contribution is -2.50. The first kappa shape index (κ1) is 16.0. The van der Waals surface area contributed by atoms with E-state index >= 15 is 0 Å². The summed E-state index contributed by atoms with van der Waals surface area (Å²) in [5, 5.41) is 2.91. The number of halogens is 1. The van der Waals surface area contributed by atoms with Crippen LogP contribution in [0.15, 0.2) is 29.2 Å². The lowest BCUT2D eigenvalue weighted by Gasteiger charge is -2.26. The van der Waals surface area contributed by atoms with Crippen LogP contribution < -0.4 is 11.1 Å². The molecule has 1 atom stereocenters. The van der Waals surface area contributed by atoms with Crippen molar-refractivity contribution in [1.82, 2.24) is 5.32 Å². The van der Waals surface area contributed by atoms with Crippen molar-refractivity contribution >= 4 is 17.7 Å². The first-order valence-corrected chi connectivity index (χ1v) is 7.23. The summed E-state index contributed by atoms with van der Waals surface area (Å²) in [6.07, 6.45) is 0. The van der Waals surface area contributed by atoms with Crippen molar-refractivity contribution in [3.63, 3.8) is 0 Å². The normalized spacial score (nSPS) is 13.1. The maximum Gasteiger partial charge on any atom is 0.224 e. The Morgan fingerprint density at radius 2 is 2.00 bits per heavy atom. The third-order valence-corrected chi connectivity index (χ3v) is 4.01. The molecule has 1 aromatic carbocycles. The molecule has 0 heterocycles. The van der Waals surface area contributed by atoms with Crippen LogP contribution in [0.1, 0.15) is 20.8 Å². The predicted molar refractivity (Wildman–Crippen MR) is 77.6 cm³/mol. The fraction of sp³-hybridized carbons (Fsp3) is 0.500. The summed E-state index contributed by atoms with van der Waals surface area (Å²) in [5.41, 5.74) is 5.20. The summed E-state index contributed by atoms with van der Waals surface area (Å²) in [7, 11) is 0. The zero-order valence-electron chi connectivity index (χ0n) is 11.6. The van der Waals surface area contributed by atoms with Crippen molar-refractivity contribution in [2.24, 2.45) is 11.7 Å². The summed E-state index contributed by atoms with van der Waals surface area (Å²) in [4.78, 5) is 12.9. The lowest BCUT2D eigenvalue weighted by molar-refractivity contribution is -0.125. The molecule has 106 valence electrons. The van der Waals surface area contributed by atoms with Gasteiger partial charge >= 0.3 is 0 Å². The third-order valence-electron chi connectivity index (χ3n) is 2.73. The largest absolute Gasteiger partial charge is 0.350 e. The molecule has 1 aromatic rings. The zero-order chi connectivity index (χ0) is 14.5. The molecule has 3 N–H and O–H groups in total. The van der Waals surface area contributed by atoms with E-state index in [1.807, 2.05) is 20.8 Å². The Balaban J connectivity index is 2.44. The van der Waals surface area contributed by atoms with Crippen molar-refractivity contribution < 1.29 is 9.18 Å². The molecule has 0 aliphatic rings. The average molecular weight is 284 g/mol. The highest BCUT2D eigenvalue weighted by Gasteiger charge is 2.22. The Hall–Kier alpha value is -1.07. The van der Waals surface area contributed by atoms with E-state index < -0.39 is 0 Å². The predicted octanol–water partition coefficient (Wildman–Crippen LogP) is 2.41. The zero-order valence-corrected chi connectivity index (χ0v) is 12.4. The van der Waals surface area contributed by atoms with Crippen LogP contribution in [0.3, 0.4) is 0 Å². The minimum atomic E-state index is -0.383. The fourth-order valence-corrected chi connectivity index (χ4v) is 2.26. The van der Waals surface area contributed by atoms with Gasteiger partial charge in [0.25, 0.3) is 0 Å². The number of benzene rings is 1. The molecule has 1 rings (SSSR count). The van der Waals surface area contributed by atoms with Crippen LogP contribution in [-0.2, 0) is 4.79 Å². The molecule has 0 saturated carbocycles. The van der Waals surface area contributed by atoms with Gasteiger partial charge < -0.3 is 11.1 Å². The molecule has 19 heavy (non-hydrogen) atoms. The van der Waals surface area contributed by atoms with E-state index in [1.165, 1.54) is 12.1 Å². The molecular weight excluding hydrogens is 263 g/mol. The molecule has 5 heteroatoms. The number of rotatable bonds is 6. The van der Waals surface area contributed by atoms with Gasteiger partial charge in [0.2, 0.25) is 5.91 Å². The monoisotopic (exact) mass is 284 g/mol. The molecule has 1 amide bonds. The Labute approximate surface area is 118 Å². The van der Waals surface area contributed by atoms with Gasteiger partial charge in [-0.2, -0.15) is 0 Å². The maximum atomic E-state index is 12.8. The number of thioether (sulfide) groups is 1. The molecule has 0 aromatic heterocycles. The second-order valence-corrected chi connectivity index (χ2v) is 6.34. The SMILES string of the molecule is CC(CSc1ccc(F)cc1)C(=O)NC(C)(C)CN. The molecule has 1 unspecified atom stereocenters. The fourth-order valence-electron chi connectivity index (χ4n) is 1.34. The molecule has 3 nitrogen and oxygen atoms in total. The van der Waals surface area contributed by atoms with Crippen LogP contribution in [0, 0.1) is 11.7 Å². The summed E-state index contributed by atoms with van der Waals surface area (Å²) in [6.45, 7) is 6.06. The number of hydrogen-bond acceptors (Lipinski definition) is 3. The number of carbonyl (C=O) groups is 1. The number of nitrogens with two attached hydrogens (primary N) is 1. The first-order valence-electron chi connectivity index (χ1n) is 6.24. The summed E-state index contributed by atoms with van der Waals surface area (Å²) < 4.78 is 12.8. The van der Waals surface area contributed by atoms with Gasteiger partial charge in [0, 0.05) is 28.6 Å². The summed E-state index contributed by atoms with van der Waals surface area (Å²) in [5.74, 6) is 0.267. The number of hydrogen-bond donors (Lipinski definition) is 2. The average Bonchev–Trinajstić information content (AvgIpc) is 2.37. The second-order valence-electron chi connectivity index (χ2n) is 5.24. The van der Waals surface area contributed by atoms with Crippen LogP contribution in [-0.4, -0.2) is 23.7 Å². The van der Waals surface area contributed by atoms with E-state index in [4.69, 9.17) is 5.73 Å². The molecule has 0 aliphatic heterocycles. The van der Waals surface area contributed by atoms with Crippen molar-refractivity contribution in [2.75, 3.05) is 12.3 Å². The van der Waals surface area contributed by atoms with Gasteiger partial charge in [-0.05, 0) is 38.1 Å². The maximum absolute atomic E-state index is 12.8. The van der Waals surface area contributed by atoms with E-state index in [2.05, 4.69) is 5.32 Å². The van der Waals surface area contributed by atoms with Gasteiger partial charge in [0.05, 0.1) is 0 Å². The summed E-state index contributed by atoms with van der Waals surface area (Å²) in [6, 6.07) is 6.28. The highest BCUT2D eigenvalue weighted by molar-refractivity contribution is 7.99. The molecule has 0 radical (unpaired) electrons. The van der Waals surface area contributed by atoms with Crippen LogP contribution in [0.5, 0.6) is 0 Å². The van der Waals surface area contributed by atoms with E-state index in [0.717, 1.165) is 4.90 Å². The van der Waals surface area contributed by atoms with Crippen LogP contribution in [0.25, 0.3) is 0 Å².